The molecule has 4 nitrogen and oxygen atoms in total. The Morgan fingerprint density at radius 2 is 1.86 bits per heavy atom. The van der Waals surface area contributed by atoms with Crippen molar-refractivity contribution in [1.29, 1.82) is 0 Å². The largest absolute Gasteiger partial charge is 0.496 e. The number of aliphatic imine (C=N–C) groups is 1. The molecule has 146 valence electrons. The van der Waals surface area contributed by atoms with Gasteiger partial charge in [-0.2, -0.15) is 0 Å². The highest BCUT2D eigenvalue weighted by molar-refractivity contribution is 8.18. The molecule has 5 heteroatoms. The van der Waals surface area contributed by atoms with Crippen molar-refractivity contribution in [3.05, 3.63) is 63.6 Å². The van der Waals surface area contributed by atoms with E-state index >= 15 is 0 Å². The van der Waals surface area contributed by atoms with Crippen molar-refractivity contribution in [2.75, 3.05) is 14.2 Å². The number of rotatable bonds is 4. The number of carbonyl (C=O) groups is 1. The summed E-state index contributed by atoms with van der Waals surface area (Å²) in [4.78, 5) is 19.8. The van der Waals surface area contributed by atoms with Gasteiger partial charge < -0.3 is 4.74 Å². The van der Waals surface area contributed by atoms with E-state index in [0.29, 0.717) is 16.0 Å². The molecular weight excluding hydrogens is 368 g/mol. The van der Waals surface area contributed by atoms with Crippen LogP contribution in [0.15, 0.2) is 46.3 Å². The van der Waals surface area contributed by atoms with Gasteiger partial charge in [0.1, 0.15) is 5.75 Å². The number of aryl methyl sites for hydroxylation is 2. The number of nitrogens with zero attached hydrogens (tertiary/aromatic N) is 2. The first-order valence-corrected chi connectivity index (χ1v) is 10.1. The lowest BCUT2D eigenvalue weighted by atomic mass is 9.96. The molecule has 1 amide bonds. The van der Waals surface area contributed by atoms with Crippen molar-refractivity contribution < 1.29 is 9.53 Å². The van der Waals surface area contributed by atoms with Gasteiger partial charge >= 0.3 is 0 Å². The van der Waals surface area contributed by atoms with Crippen LogP contribution >= 0.6 is 11.8 Å². The molecule has 0 bridgehead atoms. The lowest BCUT2D eigenvalue weighted by Gasteiger charge is -2.14. The minimum Gasteiger partial charge on any atom is -0.496 e. The summed E-state index contributed by atoms with van der Waals surface area (Å²) >= 11 is 1.41. The topological polar surface area (TPSA) is 41.9 Å². The van der Waals surface area contributed by atoms with E-state index in [1.54, 1.807) is 19.1 Å². The summed E-state index contributed by atoms with van der Waals surface area (Å²) in [5.41, 5.74) is 5.22. The van der Waals surface area contributed by atoms with Gasteiger partial charge in [-0.3, -0.25) is 9.69 Å². The number of para-hydroxylation sites is 1. The Bertz CT molecular complexity index is 977. The number of thioether (sulfide) groups is 1. The van der Waals surface area contributed by atoms with E-state index in [0.717, 1.165) is 33.7 Å². The number of amidine groups is 1. The monoisotopic (exact) mass is 394 g/mol. The summed E-state index contributed by atoms with van der Waals surface area (Å²) in [6.07, 6.45) is 1.96. The Kier molecular flexibility index (Phi) is 5.94. The SMILES string of the molecule is COc1cc(C)c(/C=C2/SC(=Nc3ccccc3C)N(C)C2=O)cc1C(C)C. The van der Waals surface area contributed by atoms with Gasteiger partial charge in [0.25, 0.3) is 5.91 Å². The number of hydrogen-bond acceptors (Lipinski definition) is 4. The van der Waals surface area contributed by atoms with Crippen LogP contribution in [-0.4, -0.2) is 30.1 Å². The number of ether oxygens (including phenoxy) is 1. The summed E-state index contributed by atoms with van der Waals surface area (Å²) in [5, 5.41) is 0.695. The van der Waals surface area contributed by atoms with Crippen LogP contribution in [0.1, 0.15) is 42.0 Å². The van der Waals surface area contributed by atoms with Crippen molar-refractivity contribution in [1.82, 2.24) is 4.90 Å². The fraction of sp³-hybridized carbons (Fsp3) is 0.304. The third-order valence-electron chi connectivity index (χ3n) is 4.86. The zero-order valence-electron chi connectivity index (χ0n) is 17.2. The normalized spacial score (nSPS) is 17.2. The highest BCUT2D eigenvalue weighted by Gasteiger charge is 2.30. The van der Waals surface area contributed by atoms with Crippen LogP contribution < -0.4 is 4.74 Å². The van der Waals surface area contributed by atoms with Gasteiger partial charge in [0.05, 0.1) is 17.7 Å². The fourth-order valence-electron chi connectivity index (χ4n) is 3.08. The lowest BCUT2D eigenvalue weighted by Crippen LogP contribution is -2.23. The first kappa shape index (κ1) is 20.2. The van der Waals surface area contributed by atoms with Crippen LogP contribution in [0.3, 0.4) is 0 Å². The molecule has 28 heavy (non-hydrogen) atoms. The minimum atomic E-state index is -0.0290. The summed E-state index contributed by atoms with van der Waals surface area (Å²) < 4.78 is 5.53. The van der Waals surface area contributed by atoms with E-state index in [1.807, 2.05) is 50.3 Å². The molecule has 0 spiro atoms. The molecule has 1 heterocycles. The molecule has 0 unspecified atom stereocenters. The first-order valence-electron chi connectivity index (χ1n) is 9.32. The van der Waals surface area contributed by atoms with Gasteiger partial charge in [0, 0.05) is 7.05 Å². The minimum absolute atomic E-state index is 0.0290. The van der Waals surface area contributed by atoms with Crippen LogP contribution in [-0.2, 0) is 4.79 Å². The number of hydrogen-bond donors (Lipinski definition) is 0. The number of amides is 1. The van der Waals surface area contributed by atoms with Gasteiger partial charge in [-0.05, 0) is 78.1 Å². The van der Waals surface area contributed by atoms with E-state index in [1.165, 1.54) is 11.8 Å². The van der Waals surface area contributed by atoms with Gasteiger partial charge in [-0.25, -0.2) is 4.99 Å². The molecule has 0 saturated carbocycles. The third kappa shape index (κ3) is 3.99. The van der Waals surface area contributed by atoms with Gasteiger partial charge in [-0.1, -0.05) is 32.0 Å². The molecule has 3 rings (SSSR count). The average Bonchev–Trinajstić information content (AvgIpc) is 2.92. The van der Waals surface area contributed by atoms with Crippen molar-refractivity contribution in [2.45, 2.75) is 33.6 Å². The van der Waals surface area contributed by atoms with Crippen molar-refractivity contribution in [2.24, 2.45) is 4.99 Å². The zero-order chi connectivity index (χ0) is 20.4. The quantitative estimate of drug-likeness (QED) is 0.628. The summed E-state index contributed by atoms with van der Waals surface area (Å²) in [7, 11) is 3.46. The number of benzene rings is 2. The second-order valence-corrected chi connectivity index (χ2v) is 8.27. The first-order chi connectivity index (χ1) is 13.3. The number of carbonyl (C=O) groups excluding carboxylic acids is 1. The molecule has 1 fully saturated rings. The van der Waals surface area contributed by atoms with Crippen molar-refractivity contribution in [3.63, 3.8) is 0 Å². The smallest absolute Gasteiger partial charge is 0.266 e. The maximum Gasteiger partial charge on any atom is 0.266 e. The van der Waals surface area contributed by atoms with E-state index in [2.05, 4.69) is 19.9 Å². The average molecular weight is 395 g/mol. The van der Waals surface area contributed by atoms with Crippen LogP contribution in [0.25, 0.3) is 6.08 Å². The standard InChI is InChI=1S/C23H26N2O2S/c1-14(2)18-12-17(16(4)11-20(18)27-6)13-21-22(26)25(5)23(28-21)24-19-10-8-7-9-15(19)3/h7-14H,1-6H3/b21-13+,24-23?. The zero-order valence-corrected chi connectivity index (χ0v) is 18.1. The Hall–Kier alpha value is -2.53. The molecule has 2 aromatic rings. The van der Waals surface area contributed by atoms with Crippen LogP contribution in [0, 0.1) is 13.8 Å². The van der Waals surface area contributed by atoms with E-state index in [-0.39, 0.29) is 5.91 Å². The molecule has 0 radical (unpaired) electrons. The fourth-order valence-corrected chi connectivity index (χ4v) is 4.05. The van der Waals surface area contributed by atoms with Crippen LogP contribution in [0.4, 0.5) is 5.69 Å². The molecule has 1 saturated heterocycles. The Morgan fingerprint density at radius 3 is 2.50 bits per heavy atom. The molecular formula is C23H26N2O2S. The second-order valence-electron chi connectivity index (χ2n) is 7.26. The molecule has 0 atom stereocenters. The van der Waals surface area contributed by atoms with E-state index < -0.39 is 0 Å². The third-order valence-corrected chi connectivity index (χ3v) is 5.92. The Morgan fingerprint density at radius 1 is 1.14 bits per heavy atom. The van der Waals surface area contributed by atoms with Crippen LogP contribution in [0.2, 0.25) is 0 Å². The van der Waals surface area contributed by atoms with Gasteiger partial charge in [0.2, 0.25) is 0 Å². The summed E-state index contributed by atoms with van der Waals surface area (Å²) in [6, 6.07) is 12.1. The predicted octanol–water partition coefficient (Wildman–Crippen LogP) is 5.67. The molecule has 2 aromatic carbocycles. The highest BCUT2D eigenvalue weighted by Crippen LogP contribution is 2.36. The van der Waals surface area contributed by atoms with E-state index in [9.17, 15) is 4.79 Å². The molecule has 0 aromatic heterocycles. The Labute approximate surface area is 171 Å². The molecule has 1 aliphatic rings. The second kappa shape index (κ2) is 8.23. The van der Waals surface area contributed by atoms with Crippen LogP contribution in [0.5, 0.6) is 5.75 Å². The Balaban J connectivity index is 1.99. The van der Waals surface area contributed by atoms with Crippen molar-refractivity contribution in [3.8, 4) is 5.75 Å². The lowest BCUT2D eigenvalue weighted by molar-refractivity contribution is -0.121. The van der Waals surface area contributed by atoms with Gasteiger partial charge in [-0.15, -0.1) is 0 Å². The summed E-state index contributed by atoms with van der Waals surface area (Å²) in [6.45, 7) is 8.33. The van der Waals surface area contributed by atoms with Gasteiger partial charge in [0.15, 0.2) is 5.17 Å². The predicted molar refractivity (Wildman–Crippen MR) is 118 cm³/mol. The maximum atomic E-state index is 12.8. The summed E-state index contributed by atoms with van der Waals surface area (Å²) in [5.74, 6) is 1.19. The number of likely N-dealkylation sites (N-methyl/N-ethyl adjacent to an activating group) is 1. The molecule has 1 aliphatic heterocycles. The highest BCUT2D eigenvalue weighted by atomic mass is 32.2. The maximum absolute atomic E-state index is 12.8. The number of methoxy groups -OCH3 is 1. The van der Waals surface area contributed by atoms with E-state index in [4.69, 9.17) is 9.73 Å². The molecule has 0 aliphatic carbocycles. The molecule has 0 N–H and O–H groups in total. The van der Waals surface area contributed by atoms with Crippen molar-refractivity contribution >= 4 is 34.6 Å².